The van der Waals surface area contributed by atoms with Crippen LogP contribution in [0.15, 0.2) is 18.2 Å². The van der Waals surface area contributed by atoms with Crippen molar-refractivity contribution in [2.24, 2.45) is 0 Å². The summed E-state index contributed by atoms with van der Waals surface area (Å²) in [6.45, 7) is 4.54. The Hall–Kier alpha value is 0.01000. The molecule has 3 rings (SSSR count). The van der Waals surface area contributed by atoms with E-state index in [1.54, 1.807) is 0 Å². The molecular weight excluding hydrogens is 279 g/mol. The monoisotopic (exact) mass is 294 g/mol. The Bertz CT molecular complexity index is 384. The number of hydrogen-bond donors (Lipinski definition) is 1. The third-order valence-electron chi connectivity index (χ3n) is 3.49. The number of benzene rings is 1. The van der Waals surface area contributed by atoms with E-state index in [-0.39, 0.29) is 24.8 Å². The topological polar surface area (TPSA) is 15.3 Å². The van der Waals surface area contributed by atoms with Crippen LogP contribution < -0.4 is 5.32 Å². The third-order valence-corrected chi connectivity index (χ3v) is 3.72. The highest BCUT2D eigenvalue weighted by atomic mass is 35.5. The summed E-state index contributed by atoms with van der Waals surface area (Å²) in [6, 6.07) is 6.87. The Balaban J connectivity index is 0.000000722. The molecule has 1 atom stereocenters. The predicted molar refractivity (Wildman–Crippen MR) is 76.8 cm³/mol. The summed E-state index contributed by atoms with van der Waals surface area (Å²) < 4.78 is 0. The first-order valence-electron chi connectivity index (χ1n) is 5.58. The Morgan fingerprint density at radius 2 is 2.06 bits per heavy atom. The molecule has 1 unspecified atom stereocenters. The zero-order valence-corrected chi connectivity index (χ0v) is 11.9. The van der Waals surface area contributed by atoms with Gasteiger partial charge in [-0.05, 0) is 29.7 Å². The van der Waals surface area contributed by atoms with E-state index in [0.717, 1.165) is 24.7 Å². The van der Waals surface area contributed by atoms with Crippen molar-refractivity contribution in [2.75, 3.05) is 26.2 Å². The molecule has 0 bridgehead atoms. The van der Waals surface area contributed by atoms with Gasteiger partial charge in [-0.2, -0.15) is 0 Å². The highest BCUT2D eigenvalue weighted by Gasteiger charge is 2.29. The number of nitrogens with zero attached hydrogens (tertiary/aromatic N) is 1. The minimum Gasteiger partial charge on any atom is -0.314 e. The van der Waals surface area contributed by atoms with Gasteiger partial charge in [0.1, 0.15) is 0 Å². The number of hydrogen-bond acceptors (Lipinski definition) is 2. The van der Waals surface area contributed by atoms with E-state index in [9.17, 15) is 0 Å². The lowest BCUT2D eigenvalue weighted by Gasteiger charge is -2.40. The fourth-order valence-corrected chi connectivity index (χ4v) is 2.87. The molecule has 96 valence electrons. The molecule has 2 heterocycles. The van der Waals surface area contributed by atoms with Crippen LogP contribution in [0.4, 0.5) is 0 Å². The maximum absolute atomic E-state index is 6.07. The van der Waals surface area contributed by atoms with Gasteiger partial charge in [-0.3, -0.25) is 4.90 Å². The van der Waals surface area contributed by atoms with Crippen molar-refractivity contribution in [1.82, 2.24) is 10.2 Å². The van der Waals surface area contributed by atoms with Gasteiger partial charge < -0.3 is 5.32 Å². The molecule has 1 aromatic rings. The molecule has 0 spiro atoms. The molecule has 2 aliphatic heterocycles. The number of piperazine rings is 1. The molecule has 0 aromatic heterocycles. The molecular formula is C12H17Cl3N2. The molecule has 1 N–H and O–H groups in total. The van der Waals surface area contributed by atoms with E-state index in [1.165, 1.54) is 24.1 Å². The second kappa shape index (κ2) is 6.26. The standard InChI is InChI=1S/C12H15ClN2.2ClH/c13-10-2-1-9-3-5-15-6-4-14-8-12(15)11(9)7-10;;/h1-2,7,12,14H,3-6,8H2;2*1H. The van der Waals surface area contributed by atoms with Crippen LogP contribution in [0.25, 0.3) is 0 Å². The summed E-state index contributed by atoms with van der Waals surface area (Å²) in [5.41, 5.74) is 2.91. The van der Waals surface area contributed by atoms with Crippen molar-refractivity contribution < 1.29 is 0 Å². The zero-order chi connectivity index (χ0) is 10.3. The molecule has 0 amide bonds. The second-order valence-electron chi connectivity index (χ2n) is 4.35. The van der Waals surface area contributed by atoms with Crippen LogP contribution in [0.5, 0.6) is 0 Å². The SMILES string of the molecule is Cl.Cl.Clc1ccc2c(c1)C1CNCCN1CC2. The number of rotatable bonds is 0. The lowest BCUT2D eigenvalue weighted by atomic mass is 9.91. The smallest absolute Gasteiger partial charge is 0.0476 e. The second-order valence-corrected chi connectivity index (χ2v) is 4.79. The van der Waals surface area contributed by atoms with Crippen LogP contribution in [0.2, 0.25) is 5.02 Å². The Labute approximate surface area is 120 Å². The van der Waals surface area contributed by atoms with Gasteiger partial charge in [0.2, 0.25) is 0 Å². The Kier molecular flexibility index (Phi) is 5.55. The average molecular weight is 296 g/mol. The molecule has 17 heavy (non-hydrogen) atoms. The van der Waals surface area contributed by atoms with Gasteiger partial charge in [0.15, 0.2) is 0 Å². The van der Waals surface area contributed by atoms with E-state index in [4.69, 9.17) is 11.6 Å². The van der Waals surface area contributed by atoms with Crippen LogP contribution in [0.3, 0.4) is 0 Å². The summed E-state index contributed by atoms with van der Waals surface area (Å²) in [5, 5.41) is 4.32. The predicted octanol–water partition coefficient (Wildman–Crippen LogP) is 2.69. The lowest BCUT2D eigenvalue weighted by molar-refractivity contribution is 0.152. The lowest BCUT2D eigenvalue weighted by Crippen LogP contribution is -2.48. The van der Waals surface area contributed by atoms with E-state index in [0.29, 0.717) is 6.04 Å². The normalized spacial score (nSPS) is 22.8. The van der Waals surface area contributed by atoms with Crippen molar-refractivity contribution in [3.8, 4) is 0 Å². The van der Waals surface area contributed by atoms with Crippen LogP contribution in [0.1, 0.15) is 17.2 Å². The number of halogens is 3. The van der Waals surface area contributed by atoms with E-state index in [2.05, 4.69) is 22.3 Å². The van der Waals surface area contributed by atoms with Gasteiger partial charge in [-0.1, -0.05) is 17.7 Å². The van der Waals surface area contributed by atoms with Gasteiger partial charge >= 0.3 is 0 Å². The zero-order valence-electron chi connectivity index (χ0n) is 9.49. The molecule has 0 saturated carbocycles. The Morgan fingerprint density at radius 1 is 1.24 bits per heavy atom. The fraction of sp³-hybridized carbons (Fsp3) is 0.500. The molecule has 1 saturated heterocycles. The first-order chi connectivity index (χ1) is 7.34. The molecule has 5 heteroatoms. The van der Waals surface area contributed by atoms with Gasteiger partial charge in [0.05, 0.1) is 0 Å². The average Bonchev–Trinajstić information content (AvgIpc) is 2.29. The highest BCUT2D eigenvalue weighted by Crippen LogP contribution is 2.32. The summed E-state index contributed by atoms with van der Waals surface area (Å²) in [7, 11) is 0. The van der Waals surface area contributed by atoms with Gasteiger partial charge in [0.25, 0.3) is 0 Å². The van der Waals surface area contributed by atoms with E-state index < -0.39 is 0 Å². The van der Waals surface area contributed by atoms with Crippen LogP contribution in [0, 0.1) is 0 Å². The molecule has 2 nitrogen and oxygen atoms in total. The molecule has 1 aromatic carbocycles. The maximum atomic E-state index is 6.07. The molecule has 1 fully saturated rings. The molecule has 2 aliphatic rings. The summed E-state index contributed by atoms with van der Waals surface area (Å²) in [5.74, 6) is 0. The number of fused-ring (bicyclic) bond motifs is 3. The van der Waals surface area contributed by atoms with E-state index >= 15 is 0 Å². The van der Waals surface area contributed by atoms with Crippen molar-refractivity contribution in [3.05, 3.63) is 34.3 Å². The minimum atomic E-state index is 0. The van der Waals surface area contributed by atoms with Crippen molar-refractivity contribution in [1.29, 1.82) is 0 Å². The number of nitrogens with one attached hydrogen (secondary N) is 1. The van der Waals surface area contributed by atoms with Crippen molar-refractivity contribution >= 4 is 36.4 Å². The maximum Gasteiger partial charge on any atom is 0.0476 e. The van der Waals surface area contributed by atoms with Crippen LogP contribution >= 0.6 is 36.4 Å². The van der Waals surface area contributed by atoms with Gasteiger partial charge in [0, 0.05) is 37.2 Å². The first kappa shape index (κ1) is 15.1. The van der Waals surface area contributed by atoms with Gasteiger partial charge in [-0.15, -0.1) is 24.8 Å². The summed E-state index contributed by atoms with van der Waals surface area (Å²) in [6.07, 6.45) is 1.17. The van der Waals surface area contributed by atoms with Gasteiger partial charge in [-0.25, -0.2) is 0 Å². The Morgan fingerprint density at radius 3 is 2.88 bits per heavy atom. The minimum absolute atomic E-state index is 0. The van der Waals surface area contributed by atoms with Crippen LogP contribution in [-0.4, -0.2) is 31.1 Å². The summed E-state index contributed by atoms with van der Waals surface area (Å²) >= 11 is 6.07. The van der Waals surface area contributed by atoms with Crippen molar-refractivity contribution in [3.63, 3.8) is 0 Å². The fourth-order valence-electron chi connectivity index (χ4n) is 2.69. The third kappa shape index (κ3) is 2.88. The molecule has 0 aliphatic carbocycles. The highest BCUT2D eigenvalue weighted by molar-refractivity contribution is 6.30. The molecule has 0 radical (unpaired) electrons. The quantitative estimate of drug-likeness (QED) is 0.792. The van der Waals surface area contributed by atoms with Crippen molar-refractivity contribution in [2.45, 2.75) is 12.5 Å². The summed E-state index contributed by atoms with van der Waals surface area (Å²) in [4.78, 5) is 2.56. The van der Waals surface area contributed by atoms with E-state index in [1.807, 2.05) is 6.07 Å². The first-order valence-corrected chi connectivity index (χ1v) is 5.95. The van der Waals surface area contributed by atoms with Crippen LogP contribution in [-0.2, 0) is 6.42 Å². The largest absolute Gasteiger partial charge is 0.314 e.